The monoisotopic (exact) mass is 366 g/mol. The van der Waals surface area contributed by atoms with E-state index in [4.69, 9.17) is 5.73 Å². The molecule has 3 rings (SSSR count). The van der Waals surface area contributed by atoms with Crippen LogP contribution in [0.5, 0.6) is 0 Å². The number of rotatable bonds is 5. The second-order valence-electron chi connectivity index (χ2n) is 6.82. The first kappa shape index (κ1) is 18.8. The van der Waals surface area contributed by atoms with Crippen LogP contribution in [0, 0.1) is 0 Å². The van der Waals surface area contributed by atoms with E-state index in [0.717, 1.165) is 29.8 Å². The number of aryl methyl sites for hydroxylation is 1. The van der Waals surface area contributed by atoms with Crippen LogP contribution in [-0.4, -0.2) is 36.0 Å². The van der Waals surface area contributed by atoms with Crippen molar-refractivity contribution in [1.82, 2.24) is 10.2 Å². The largest absolute Gasteiger partial charge is 0.399 e. The molecule has 1 heterocycles. The number of likely N-dealkylation sites (tertiary alicyclic amines) is 1. The average Bonchev–Trinajstić information content (AvgIpc) is 2.68. The Morgan fingerprint density at radius 2 is 1.67 bits per heavy atom. The van der Waals surface area contributed by atoms with Crippen molar-refractivity contribution >= 4 is 23.3 Å². The van der Waals surface area contributed by atoms with E-state index in [0.29, 0.717) is 25.9 Å². The van der Waals surface area contributed by atoms with Crippen molar-refractivity contribution < 1.29 is 9.59 Å². The number of hydrogen-bond acceptors (Lipinski definition) is 3. The lowest BCUT2D eigenvalue weighted by Gasteiger charge is -2.32. The zero-order valence-electron chi connectivity index (χ0n) is 15.4. The highest BCUT2D eigenvalue weighted by atomic mass is 16.2. The normalized spacial score (nSPS) is 14.6. The Morgan fingerprint density at radius 1 is 1.00 bits per heavy atom. The minimum atomic E-state index is -0.203. The van der Waals surface area contributed by atoms with Crippen LogP contribution < -0.4 is 16.4 Å². The van der Waals surface area contributed by atoms with Crippen LogP contribution in [0.4, 0.5) is 16.2 Å². The van der Waals surface area contributed by atoms with Gasteiger partial charge in [0.25, 0.3) is 0 Å². The zero-order chi connectivity index (χ0) is 19.1. The lowest BCUT2D eigenvalue weighted by Crippen LogP contribution is -2.47. The van der Waals surface area contributed by atoms with E-state index in [1.165, 1.54) is 0 Å². The molecule has 0 saturated carbocycles. The first-order valence-electron chi connectivity index (χ1n) is 9.35. The molecule has 0 unspecified atom stereocenters. The summed E-state index contributed by atoms with van der Waals surface area (Å²) in [5.41, 5.74) is 8.45. The van der Waals surface area contributed by atoms with Crippen molar-refractivity contribution in [3.63, 3.8) is 0 Å². The standard InChI is InChI=1S/C21H26N4O2/c22-19-9-5-4-6-16(19)10-11-20(26)25-14-12-18(13-15-25)24-21(27)23-17-7-2-1-3-8-17/h1-9,18H,10-15,22H2,(H2,23,24,27). The van der Waals surface area contributed by atoms with Gasteiger partial charge in [0, 0.05) is 36.9 Å². The van der Waals surface area contributed by atoms with E-state index >= 15 is 0 Å². The maximum Gasteiger partial charge on any atom is 0.319 e. The quantitative estimate of drug-likeness (QED) is 0.711. The molecule has 1 aliphatic heterocycles. The first-order chi connectivity index (χ1) is 13.1. The van der Waals surface area contributed by atoms with Crippen molar-refractivity contribution in [2.45, 2.75) is 31.7 Å². The summed E-state index contributed by atoms with van der Waals surface area (Å²) in [5, 5.41) is 5.81. The number of piperidine rings is 1. The first-order valence-corrected chi connectivity index (χ1v) is 9.35. The SMILES string of the molecule is Nc1ccccc1CCC(=O)N1CCC(NC(=O)Nc2ccccc2)CC1. The van der Waals surface area contributed by atoms with E-state index in [1.54, 1.807) is 0 Å². The minimum absolute atomic E-state index is 0.0857. The van der Waals surface area contributed by atoms with Gasteiger partial charge in [-0.05, 0) is 43.0 Å². The Morgan fingerprint density at radius 3 is 2.37 bits per heavy atom. The van der Waals surface area contributed by atoms with Crippen LogP contribution >= 0.6 is 0 Å². The summed E-state index contributed by atoms with van der Waals surface area (Å²) in [6, 6.07) is 16.9. The maximum absolute atomic E-state index is 12.4. The van der Waals surface area contributed by atoms with Crippen LogP contribution in [0.1, 0.15) is 24.8 Å². The van der Waals surface area contributed by atoms with Gasteiger partial charge in [0.2, 0.25) is 5.91 Å². The number of nitrogens with one attached hydrogen (secondary N) is 2. The number of carbonyl (C=O) groups excluding carboxylic acids is 2. The third-order valence-electron chi connectivity index (χ3n) is 4.88. The lowest BCUT2D eigenvalue weighted by molar-refractivity contribution is -0.132. The number of nitrogens with two attached hydrogens (primary N) is 1. The smallest absolute Gasteiger partial charge is 0.319 e. The Labute approximate surface area is 159 Å². The summed E-state index contributed by atoms with van der Waals surface area (Å²) >= 11 is 0. The number of nitrogen functional groups attached to an aromatic ring is 1. The molecular formula is C21H26N4O2. The molecule has 0 atom stereocenters. The molecule has 0 bridgehead atoms. The average molecular weight is 366 g/mol. The molecule has 1 fully saturated rings. The van der Waals surface area contributed by atoms with Crippen molar-refractivity contribution in [1.29, 1.82) is 0 Å². The topological polar surface area (TPSA) is 87.5 Å². The fourth-order valence-electron chi connectivity index (χ4n) is 3.31. The van der Waals surface area contributed by atoms with Crippen LogP contribution in [0.25, 0.3) is 0 Å². The number of urea groups is 1. The van der Waals surface area contributed by atoms with Crippen LogP contribution in [0.15, 0.2) is 54.6 Å². The molecule has 0 radical (unpaired) electrons. The van der Waals surface area contributed by atoms with Crippen molar-refractivity contribution in [3.8, 4) is 0 Å². The minimum Gasteiger partial charge on any atom is -0.399 e. The Balaban J connectivity index is 1.40. The summed E-state index contributed by atoms with van der Waals surface area (Å²) in [4.78, 5) is 26.4. The highest BCUT2D eigenvalue weighted by Gasteiger charge is 2.23. The van der Waals surface area contributed by atoms with Crippen LogP contribution in [-0.2, 0) is 11.2 Å². The van der Waals surface area contributed by atoms with Gasteiger partial charge in [-0.15, -0.1) is 0 Å². The fraction of sp³-hybridized carbons (Fsp3) is 0.333. The lowest BCUT2D eigenvalue weighted by atomic mass is 10.0. The van der Waals surface area contributed by atoms with Crippen LogP contribution in [0.2, 0.25) is 0 Å². The van der Waals surface area contributed by atoms with Gasteiger partial charge >= 0.3 is 6.03 Å². The van der Waals surface area contributed by atoms with Gasteiger partial charge in [-0.3, -0.25) is 4.79 Å². The van der Waals surface area contributed by atoms with Gasteiger partial charge in [-0.1, -0.05) is 36.4 Å². The molecule has 3 amide bonds. The number of amides is 3. The Bertz CT molecular complexity index is 771. The summed E-state index contributed by atoms with van der Waals surface area (Å²) in [6.45, 7) is 1.33. The van der Waals surface area contributed by atoms with E-state index in [2.05, 4.69) is 10.6 Å². The molecule has 1 aliphatic rings. The third-order valence-corrected chi connectivity index (χ3v) is 4.88. The van der Waals surface area contributed by atoms with E-state index < -0.39 is 0 Å². The van der Waals surface area contributed by atoms with Gasteiger partial charge in [-0.25, -0.2) is 4.79 Å². The Hall–Kier alpha value is -3.02. The highest BCUT2D eigenvalue weighted by molar-refractivity contribution is 5.89. The highest BCUT2D eigenvalue weighted by Crippen LogP contribution is 2.16. The van der Waals surface area contributed by atoms with E-state index in [9.17, 15) is 9.59 Å². The third kappa shape index (κ3) is 5.48. The molecule has 1 saturated heterocycles. The maximum atomic E-state index is 12.4. The second kappa shape index (κ2) is 9.07. The Kier molecular flexibility index (Phi) is 6.30. The molecule has 2 aromatic rings. The molecule has 6 nitrogen and oxygen atoms in total. The fourth-order valence-corrected chi connectivity index (χ4v) is 3.31. The number of carbonyl (C=O) groups is 2. The number of hydrogen-bond donors (Lipinski definition) is 3. The number of benzene rings is 2. The van der Waals surface area contributed by atoms with Crippen LogP contribution in [0.3, 0.4) is 0 Å². The van der Waals surface area contributed by atoms with Gasteiger partial charge < -0.3 is 21.3 Å². The molecular weight excluding hydrogens is 340 g/mol. The van der Waals surface area contributed by atoms with E-state index in [1.807, 2.05) is 59.5 Å². The molecule has 142 valence electrons. The molecule has 27 heavy (non-hydrogen) atoms. The molecule has 0 aliphatic carbocycles. The van der Waals surface area contributed by atoms with Gasteiger partial charge in [0.05, 0.1) is 0 Å². The summed E-state index contributed by atoms with van der Waals surface area (Å²) in [6.07, 6.45) is 2.65. The molecule has 0 spiro atoms. The van der Waals surface area contributed by atoms with Gasteiger partial charge in [0.1, 0.15) is 0 Å². The summed E-state index contributed by atoms with van der Waals surface area (Å²) < 4.78 is 0. The molecule has 4 N–H and O–H groups in total. The van der Waals surface area contributed by atoms with Gasteiger partial charge in [0.15, 0.2) is 0 Å². The number of anilines is 2. The zero-order valence-corrected chi connectivity index (χ0v) is 15.4. The molecule has 6 heteroatoms. The van der Waals surface area contributed by atoms with Crippen molar-refractivity contribution in [3.05, 3.63) is 60.2 Å². The predicted molar refractivity (Wildman–Crippen MR) is 107 cm³/mol. The van der Waals surface area contributed by atoms with Crippen molar-refractivity contribution in [2.75, 3.05) is 24.1 Å². The van der Waals surface area contributed by atoms with Crippen molar-refractivity contribution in [2.24, 2.45) is 0 Å². The number of para-hydroxylation sites is 2. The van der Waals surface area contributed by atoms with Gasteiger partial charge in [-0.2, -0.15) is 0 Å². The predicted octanol–water partition coefficient (Wildman–Crippen LogP) is 3.01. The van der Waals surface area contributed by atoms with E-state index in [-0.39, 0.29) is 18.0 Å². The summed E-state index contributed by atoms with van der Waals surface area (Å²) in [7, 11) is 0. The molecule has 0 aromatic heterocycles. The molecule has 2 aromatic carbocycles. The number of nitrogens with zero attached hydrogens (tertiary/aromatic N) is 1. The second-order valence-corrected chi connectivity index (χ2v) is 6.82. The summed E-state index contributed by atoms with van der Waals surface area (Å²) in [5.74, 6) is 0.144.